The van der Waals surface area contributed by atoms with Crippen molar-refractivity contribution in [1.82, 2.24) is 10.6 Å². The number of ether oxygens (including phenoxy) is 3. The molecule has 1 aliphatic rings. The lowest BCUT2D eigenvalue weighted by molar-refractivity contribution is -0.148. The van der Waals surface area contributed by atoms with Gasteiger partial charge in [-0.25, -0.2) is 4.79 Å². The Balaban J connectivity index is 2.53. The van der Waals surface area contributed by atoms with Gasteiger partial charge < -0.3 is 30.6 Å². The number of amides is 3. The summed E-state index contributed by atoms with van der Waals surface area (Å²) >= 11 is 6.38. The van der Waals surface area contributed by atoms with Crippen LogP contribution in [0, 0.1) is 5.92 Å². The van der Waals surface area contributed by atoms with Crippen molar-refractivity contribution in [3.05, 3.63) is 34.5 Å². The fourth-order valence-electron chi connectivity index (χ4n) is 3.13. The molecule has 0 unspecified atom stereocenters. The van der Waals surface area contributed by atoms with Gasteiger partial charge in [-0.3, -0.25) is 9.59 Å². The lowest BCUT2D eigenvalue weighted by Gasteiger charge is -2.34. The zero-order valence-electron chi connectivity index (χ0n) is 17.1. The number of halogens is 1. The maximum Gasteiger partial charge on any atom is 0.319 e. The number of esters is 1. The number of carbonyl (C=O) groups excluding carboxylic acids is 3. The van der Waals surface area contributed by atoms with Crippen molar-refractivity contribution in [3.8, 4) is 11.5 Å². The Hall–Kier alpha value is -2.94. The van der Waals surface area contributed by atoms with E-state index >= 15 is 0 Å². The number of carbonyl (C=O) groups is 3. The molecule has 0 aromatic heterocycles. The summed E-state index contributed by atoms with van der Waals surface area (Å²) in [6, 6.07) is 1.95. The molecule has 0 spiro atoms. The first-order valence-electron chi connectivity index (χ1n) is 9.63. The van der Waals surface area contributed by atoms with Gasteiger partial charge in [-0.05, 0) is 38.0 Å². The third-order valence-corrected chi connectivity index (χ3v) is 4.51. The first kappa shape index (κ1) is 23.3. The number of primary amides is 1. The van der Waals surface area contributed by atoms with Crippen molar-refractivity contribution in [3.63, 3.8) is 0 Å². The molecule has 1 fully saturated rings. The lowest BCUT2D eigenvalue weighted by atomic mass is 9.87. The standard InChI is InChI=1S/C20H26ClN3O6/c1-4-7-13-16(19(26)29-6-3)17(24-20(27)23-13)11-8-12(21)18(30-10-15(22)25)14(9-11)28-5-2/h7-9,16-17H,4-6,10H2,1-3H3,(H2,22,25)(H2,23,24,27)/b13-7+/t16-,17+/m0/s1. The van der Waals surface area contributed by atoms with E-state index < -0.39 is 29.9 Å². The summed E-state index contributed by atoms with van der Waals surface area (Å²) in [5.41, 5.74) is 6.11. The Bertz CT molecular complexity index is 842. The van der Waals surface area contributed by atoms with Gasteiger partial charge in [-0.2, -0.15) is 0 Å². The molecule has 4 N–H and O–H groups in total. The van der Waals surface area contributed by atoms with Gasteiger partial charge in [0, 0.05) is 5.70 Å². The fourth-order valence-corrected chi connectivity index (χ4v) is 3.41. The molecule has 0 bridgehead atoms. The Labute approximate surface area is 179 Å². The third kappa shape index (κ3) is 5.56. The van der Waals surface area contributed by atoms with Crippen molar-refractivity contribution in [2.24, 2.45) is 11.7 Å². The summed E-state index contributed by atoms with van der Waals surface area (Å²) in [5, 5.41) is 5.58. The highest BCUT2D eigenvalue weighted by Crippen LogP contribution is 2.41. The predicted molar refractivity (Wildman–Crippen MR) is 110 cm³/mol. The first-order chi connectivity index (χ1) is 14.3. The predicted octanol–water partition coefficient (Wildman–Crippen LogP) is 2.43. The van der Waals surface area contributed by atoms with Crippen LogP contribution < -0.4 is 25.8 Å². The lowest BCUT2D eigenvalue weighted by Crippen LogP contribution is -2.51. The third-order valence-electron chi connectivity index (χ3n) is 4.23. The molecule has 0 saturated carbocycles. The summed E-state index contributed by atoms with van der Waals surface area (Å²) in [6.45, 7) is 5.49. The minimum absolute atomic E-state index is 0.147. The SMILES string of the molecule is CC/C=C1/NC(=O)N[C@H](c2cc(Cl)c(OCC(N)=O)c(OCC)c2)[C@H]1C(=O)OCC. The maximum atomic E-state index is 12.7. The molecule has 0 radical (unpaired) electrons. The summed E-state index contributed by atoms with van der Waals surface area (Å²) in [4.78, 5) is 36.0. The average molecular weight is 440 g/mol. The van der Waals surface area contributed by atoms with Gasteiger partial charge in [-0.1, -0.05) is 24.6 Å². The molecule has 0 aliphatic carbocycles. The van der Waals surface area contributed by atoms with Crippen LogP contribution in [0.2, 0.25) is 5.02 Å². The van der Waals surface area contributed by atoms with E-state index in [0.29, 0.717) is 24.3 Å². The van der Waals surface area contributed by atoms with Crippen molar-refractivity contribution in [2.75, 3.05) is 19.8 Å². The second-order valence-corrected chi connectivity index (χ2v) is 6.80. The molecule has 1 aliphatic heterocycles. The summed E-state index contributed by atoms with van der Waals surface area (Å²) < 4.78 is 16.2. The maximum absolute atomic E-state index is 12.7. The van der Waals surface area contributed by atoms with E-state index in [1.165, 1.54) is 0 Å². The number of nitrogens with one attached hydrogen (secondary N) is 2. The van der Waals surface area contributed by atoms with Crippen LogP contribution in [0.4, 0.5) is 4.79 Å². The number of hydrogen-bond donors (Lipinski definition) is 3. The summed E-state index contributed by atoms with van der Waals surface area (Å²) in [7, 11) is 0. The van der Waals surface area contributed by atoms with E-state index in [0.717, 1.165) is 0 Å². The van der Waals surface area contributed by atoms with E-state index in [1.807, 2.05) is 6.92 Å². The number of hydrogen-bond acceptors (Lipinski definition) is 6. The molecular formula is C20H26ClN3O6. The van der Waals surface area contributed by atoms with Crippen LogP contribution in [-0.2, 0) is 14.3 Å². The van der Waals surface area contributed by atoms with Gasteiger partial charge in [0.05, 0.1) is 24.3 Å². The van der Waals surface area contributed by atoms with E-state index in [9.17, 15) is 14.4 Å². The highest BCUT2D eigenvalue weighted by molar-refractivity contribution is 6.32. The first-order valence-corrected chi connectivity index (χ1v) is 10.0. The molecule has 164 valence electrons. The van der Waals surface area contributed by atoms with Crippen molar-refractivity contribution < 1.29 is 28.6 Å². The zero-order chi connectivity index (χ0) is 22.3. The molecule has 1 aromatic carbocycles. The van der Waals surface area contributed by atoms with E-state index in [-0.39, 0.29) is 29.7 Å². The Morgan fingerprint density at radius 3 is 2.53 bits per heavy atom. The van der Waals surface area contributed by atoms with Crippen LogP contribution in [0.25, 0.3) is 0 Å². The molecule has 2 atom stereocenters. The van der Waals surface area contributed by atoms with Gasteiger partial charge in [0.1, 0.15) is 5.92 Å². The second-order valence-electron chi connectivity index (χ2n) is 6.39. The van der Waals surface area contributed by atoms with Crippen LogP contribution >= 0.6 is 11.6 Å². The minimum Gasteiger partial charge on any atom is -0.490 e. The van der Waals surface area contributed by atoms with Crippen LogP contribution in [0.3, 0.4) is 0 Å². The largest absolute Gasteiger partial charge is 0.490 e. The molecule has 1 saturated heterocycles. The summed E-state index contributed by atoms with van der Waals surface area (Å²) in [5.74, 6) is -1.54. The number of allylic oxidation sites excluding steroid dienone is 1. The Morgan fingerprint density at radius 2 is 1.93 bits per heavy atom. The van der Waals surface area contributed by atoms with Crippen LogP contribution in [0.15, 0.2) is 23.9 Å². The van der Waals surface area contributed by atoms with Crippen LogP contribution in [0.5, 0.6) is 11.5 Å². The number of urea groups is 1. The van der Waals surface area contributed by atoms with Gasteiger partial charge in [0.2, 0.25) is 0 Å². The van der Waals surface area contributed by atoms with E-state index in [4.69, 9.17) is 31.5 Å². The number of benzene rings is 1. The molecule has 3 amide bonds. The monoisotopic (exact) mass is 439 g/mol. The quantitative estimate of drug-likeness (QED) is 0.507. The molecule has 10 heteroatoms. The molecular weight excluding hydrogens is 414 g/mol. The van der Waals surface area contributed by atoms with Gasteiger partial charge >= 0.3 is 12.0 Å². The van der Waals surface area contributed by atoms with E-state index in [1.54, 1.807) is 32.1 Å². The van der Waals surface area contributed by atoms with Gasteiger partial charge in [0.25, 0.3) is 5.91 Å². The normalized spacial score (nSPS) is 19.6. The second kappa shape index (κ2) is 10.7. The Morgan fingerprint density at radius 1 is 1.20 bits per heavy atom. The van der Waals surface area contributed by atoms with Crippen LogP contribution in [0.1, 0.15) is 38.8 Å². The minimum atomic E-state index is -0.800. The van der Waals surface area contributed by atoms with Crippen LogP contribution in [-0.4, -0.2) is 37.7 Å². The van der Waals surface area contributed by atoms with Crippen molar-refractivity contribution in [1.29, 1.82) is 0 Å². The number of nitrogens with two attached hydrogens (primary N) is 1. The Kier molecular flexibility index (Phi) is 8.35. The van der Waals surface area contributed by atoms with E-state index in [2.05, 4.69) is 10.6 Å². The zero-order valence-corrected chi connectivity index (χ0v) is 17.9. The van der Waals surface area contributed by atoms with Gasteiger partial charge in [0.15, 0.2) is 18.1 Å². The fraction of sp³-hybridized carbons (Fsp3) is 0.450. The molecule has 9 nitrogen and oxygen atoms in total. The molecule has 1 aromatic rings. The highest BCUT2D eigenvalue weighted by atomic mass is 35.5. The van der Waals surface area contributed by atoms with Gasteiger partial charge in [-0.15, -0.1) is 0 Å². The average Bonchev–Trinajstić information content (AvgIpc) is 2.67. The van der Waals surface area contributed by atoms with Crippen molar-refractivity contribution in [2.45, 2.75) is 33.2 Å². The smallest absolute Gasteiger partial charge is 0.319 e. The van der Waals surface area contributed by atoms with Crippen molar-refractivity contribution >= 4 is 29.5 Å². The molecule has 2 rings (SSSR count). The topological polar surface area (TPSA) is 129 Å². The molecule has 1 heterocycles. The highest BCUT2D eigenvalue weighted by Gasteiger charge is 2.40. The number of rotatable bonds is 9. The summed E-state index contributed by atoms with van der Waals surface area (Å²) in [6.07, 6.45) is 2.38. The molecule has 30 heavy (non-hydrogen) atoms.